The molecule has 1 heterocycles. The van der Waals surface area contributed by atoms with E-state index in [1.54, 1.807) is 0 Å². The molecule has 0 saturated carbocycles. The van der Waals surface area contributed by atoms with Gasteiger partial charge in [0, 0.05) is 13.1 Å². The van der Waals surface area contributed by atoms with Crippen LogP contribution >= 0.6 is 0 Å². The molecule has 1 aliphatic heterocycles. The van der Waals surface area contributed by atoms with Crippen LogP contribution in [0.2, 0.25) is 0 Å². The summed E-state index contributed by atoms with van der Waals surface area (Å²) in [6.45, 7) is 4.46. The molecule has 0 aliphatic carbocycles. The Hall–Kier alpha value is -0.300. The van der Waals surface area contributed by atoms with Crippen LogP contribution in [0.5, 0.6) is 0 Å². The molecule has 1 aliphatic rings. The minimum atomic E-state index is 0.795. The van der Waals surface area contributed by atoms with Crippen LogP contribution in [0.15, 0.2) is 12.2 Å². The number of rotatable bonds is 1. The van der Waals surface area contributed by atoms with Gasteiger partial charge in [-0.2, -0.15) is 0 Å². The van der Waals surface area contributed by atoms with Gasteiger partial charge >= 0.3 is 0 Å². The fourth-order valence-electron chi connectivity index (χ4n) is 0.961. The molecule has 0 bridgehead atoms. The van der Waals surface area contributed by atoms with Crippen molar-refractivity contribution in [2.75, 3.05) is 13.1 Å². The Labute approximate surface area is 50.8 Å². The summed E-state index contributed by atoms with van der Waals surface area (Å²) < 4.78 is 0. The molecule has 46 valence electrons. The summed E-state index contributed by atoms with van der Waals surface area (Å²) in [6, 6.07) is 0. The average molecular weight is 111 g/mol. The van der Waals surface area contributed by atoms with Crippen molar-refractivity contribution < 1.29 is 0 Å². The summed E-state index contributed by atoms with van der Waals surface area (Å²) in [7, 11) is 0. The van der Waals surface area contributed by atoms with Crippen molar-refractivity contribution in [2.45, 2.75) is 13.3 Å². The van der Waals surface area contributed by atoms with Gasteiger partial charge in [-0.25, -0.2) is 0 Å². The molecule has 0 fully saturated rings. The first-order chi connectivity index (χ1) is 3.93. The van der Waals surface area contributed by atoms with Gasteiger partial charge < -0.3 is 5.32 Å². The average Bonchev–Trinajstić information content (AvgIpc) is 1.90. The van der Waals surface area contributed by atoms with Crippen LogP contribution in [0.25, 0.3) is 0 Å². The standard InChI is InChI=1S/C7H13N/c1-2-7-4-3-5-8-6-7/h3-4,7-8H,2,5-6H2,1H3/t7-/m1/s1. The Morgan fingerprint density at radius 2 is 2.62 bits per heavy atom. The van der Waals surface area contributed by atoms with Gasteiger partial charge in [0.05, 0.1) is 0 Å². The maximum absolute atomic E-state index is 3.30. The van der Waals surface area contributed by atoms with Gasteiger partial charge in [0.15, 0.2) is 0 Å². The van der Waals surface area contributed by atoms with Crippen LogP contribution in [-0.4, -0.2) is 13.1 Å². The zero-order chi connectivity index (χ0) is 5.82. The maximum atomic E-state index is 3.30. The Kier molecular flexibility index (Phi) is 2.10. The largest absolute Gasteiger partial charge is 0.313 e. The van der Waals surface area contributed by atoms with Crippen LogP contribution in [0.1, 0.15) is 13.3 Å². The van der Waals surface area contributed by atoms with Gasteiger partial charge in [-0.1, -0.05) is 19.1 Å². The Morgan fingerprint density at radius 1 is 1.75 bits per heavy atom. The lowest BCUT2D eigenvalue weighted by molar-refractivity contribution is 0.543. The molecule has 0 amide bonds. The number of nitrogens with one attached hydrogen (secondary N) is 1. The van der Waals surface area contributed by atoms with E-state index in [9.17, 15) is 0 Å². The summed E-state index contributed by atoms with van der Waals surface area (Å²) in [5.41, 5.74) is 0. The Balaban J connectivity index is 2.32. The van der Waals surface area contributed by atoms with E-state index >= 15 is 0 Å². The van der Waals surface area contributed by atoms with E-state index in [2.05, 4.69) is 24.4 Å². The second kappa shape index (κ2) is 2.88. The molecule has 1 atom stereocenters. The summed E-state index contributed by atoms with van der Waals surface area (Å²) >= 11 is 0. The van der Waals surface area contributed by atoms with Crippen LogP contribution in [0, 0.1) is 5.92 Å². The van der Waals surface area contributed by atoms with Crippen LogP contribution < -0.4 is 5.32 Å². The first kappa shape index (κ1) is 5.83. The predicted octanol–water partition coefficient (Wildman–Crippen LogP) is 1.17. The van der Waals surface area contributed by atoms with Gasteiger partial charge in [-0.3, -0.25) is 0 Å². The monoisotopic (exact) mass is 111 g/mol. The first-order valence-electron chi connectivity index (χ1n) is 3.31. The summed E-state index contributed by atoms with van der Waals surface area (Å²) in [4.78, 5) is 0. The molecule has 1 heteroatoms. The van der Waals surface area contributed by atoms with E-state index in [4.69, 9.17) is 0 Å². The second-order valence-corrected chi connectivity index (χ2v) is 2.25. The molecule has 0 aromatic heterocycles. The minimum absolute atomic E-state index is 0.795. The van der Waals surface area contributed by atoms with Gasteiger partial charge in [0.2, 0.25) is 0 Å². The maximum Gasteiger partial charge on any atom is 0.0135 e. The van der Waals surface area contributed by atoms with E-state index in [0.717, 1.165) is 12.5 Å². The third-order valence-corrected chi connectivity index (χ3v) is 1.60. The lowest BCUT2D eigenvalue weighted by Gasteiger charge is -2.14. The fraction of sp³-hybridized carbons (Fsp3) is 0.714. The zero-order valence-electron chi connectivity index (χ0n) is 5.35. The summed E-state index contributed by atoms with van der Waals surface area (Å²) in [6.07, 6.45) is 5.78. The van der Waals surface area contributed by atoms with Gasteiger partial charge in [-0.05, 0) is 12.3 Å². The van der Waals surface area contributed by atoms with Crippen molar-refractivity contribution in [2.24, 2.45) is 5.92 Å². The predicted molar refractivity (Wildman–Crippen MR) is 35.8 cm³/mol. The molecule has 1 nitrogen and oxygen atoms in total. The molecule has 0 unspecified atom stereocenters. The van der Waals surface area contributed by atoms with Crippen molar-refractivity contribution in [1.82, 2.24) is 5.32 Å². The Morgan fingerprint density at radius 3 is 3.00 bits per heavy atom. The van der Waals surface area contributed by atoms with Crippen LogP contribution in [-0.2, 0) is 0 Å². The molecule has 0 spiro atoms. The molecule has 1 N–H and O–H groups in total. The van der Waals surface area contributed by atoms with Gasteiger partial charge in [0.1, 0.15) is 0 Å². The van der Waals surface area contributed by atoms with Crippen molar-refractivity contribution in [3.63, 3.8) is 0 Å². The molecule has 0 aromatic carbocycles. The number of hydrogen-bond acceptors (Lipinski definition) is 1. The highest BCUT2D eigenvalue weighted by atomic mass is 14.9. The topological polar surface area (TPSA) is 12.0 Å². The fourth-order valence-corrected chi connectivity index (χ4v) is 0.961. The van der Waals surface area contributed by atoms with E-state index in [1.165, 1.54) is 13.0 Å². The molecular formula is C7H13N. The van der Waals surface area contributed by atoms with Crippen molar-refractivity contribution in [3.8, 4) is 0 Å². The van der Waals surface area contributed by atoms with E-state index in [1.807, 2.05) is 0 Å². The zero-order valence-corrected chi connectivity index (χ0v) is 5.35. The lowest BCUT2D eigenvalue weighted by atomic mass is 10.0. The summed E-state index contributed by atoms with van der Waals surface area (Å²) in [5, 5.41) is 3.30. The molecule has 1 rings (SSSR count). The highest BCUT2D eigenvalue weighted by Gasteiger charge is 2.02. The molecule has 8 heavy (non-hydrogen) atoms. The normalized spacial score (nSPS) is 28.4. The molecule has 0 aromatic rings. The van der Waals surface area contributed by atoms with Crippen molar-refractivity contribution in [3.05, 3.63) is 12.2 Å². The van der Waals surface area contributed by atoms with E-state index in [0.29, 0.717) is 0 Å². The first-order valence-corrected chi connectivity index (χ1v) is 3.31. The third-order valence-electron chi connectivity index (χ3n) is 1.60. The summed E-state index contributed by atoms with van der Waals surface area (Å²) in [5.74, 6) is 0.795. The van der Waals surface area contributed by atoms with Crippen molar-refractivity contribution >= 4 is 0 Å². The molecular weight excluding hydrogens is 98.1 g/mol. The quantitative estimate of drug-likeness (QED) is 0.501. The van der Waals surface area contributed by atoms with Crippen molar-refractivity contribution in [1.29, 1.82) is 0 Å². The highest BCUT2D eigenvalue weighted by molar-refractivity contribution is 4.94. The van der Waals surface area contributed by atoms with Crippen LogP contribution in [0.3, 0.4) is 0 Å². The smallest absolute Gasteiger partial charge is 0.0135 e. The number of hydrogen-bond donors (Lipinski definition) is 1. The van der Waals surface area contributed by atoms with Gasteiger partial charge in [-0.15, -0.1) is 0 Å². The molecule has 0 radical (unpaired) electrons. The van der Waals surface area contributed by atoms with E-state index < -0.39 is 0 Å². The Bertz CT molecular complexity index is 86.4. The SMILES string of the molecule is CC[C@@H]1C=CCNC1. The van der Waals surface area contributed by atoms with Gasteiger partial charge in [0.25, 0.3) is 0 Å². The third kappa shape index (κ3) is 1.34. The highest BCUT2D eigenvalue weighted by Crippen LogP contribution is 2.04. The molecule has 0 saturated heterocycles. The van der Waals surface area contributed by atoms with Crippen LogP contribution in [0.4, 0.5) is 0 Å². The van der Waals surface area contributed by atoms with E-state index in [-0.39, 0.29) is 0 Å². The lowest BCUT2D eigenvalue weighted by Crippen LogP contribution is -2.25. The second-order valence-electron chi connectivity index (χ2n) is 2.25. The minimum Gasteiger partial charge on any atom is -0.313 e.